The molecule has 1 unspecified atom stereocenters. The predicted molar refractivity (Wildman–Crippen MR) is 70.8 cm³/mol. The van der Waals surface area contributed by atoms with Gasteiger partial charge in [-0.1, -0.05) is 26.2 Å². The fraction of sp³-hybridized carbons (Fsp3) is 1.00. The van der Waals surface area contributed by atoms with Gasteiger partial charge in [0.15, 0.2) is 9.84 Å². The van der Waals surface area contributed by atoms with Crippen LogP contribution >= 0.6 is 0 Å². The van der Waals surface area contributed by atoms with E-state index in [1.165, 1.54) is 32.1 Å². The number of hydrogen-bond acceptors (Lipinski definition) is 3. The quantitative estimate of drug-likeness (QED) is 0.840. The minimum absolute atomic E-state index is 0.276. The van der Waals surface area contributed by atoms with Crippen molar-refractivity contribution in [2.75, 3.05) is 24.6 Å². The molecule has 0 aromatic heterocycles. The first-order valence-electron chi connectivity index (χ1n) is 6.99. The summed E-state index contributed by atoms with van der Waals surface area (Å²) in [6.07, 6.45) is 7.23. The Labute approximate surface area is 105 Å². The van der Waals surface area contributed by atoms with E-state index >= 15 is 0 Å². The molecule has 1 saturated carbocycles. The summed E-state index contributed by atoms with van der Waals surface area (Å²) in [5.74, 6) is 1.27. The van der Waals surface area contributed by atoms with Crippen molar-refractivity contribution in [3.63, 3.8) is 0 Å². The van der Waals surface area contributed by atoms with E-state index in [9.17, 15) is 8.42 Å². The van der Waals surface area contributed by atoms with Gasteiger partial charge in [0.05, 0.1) is 11.5 Å². The zero-order valence-corrected chi connectivity index (χ0v) is 11.7. The lowest BCUT2D eigenvalue weighted by Gasteiger charge is -2.42. The molecule has 1 aliphatic heterocycles. The van der Waals surface area contributed by atoms with Crippen molar-refractivity contribution in [3.05, 3.63) is 0 Å². The molecule has 2 aliphatic rings. The average molecular weight is 259 g/mol. The van der Waals surface area contributed by atoms with Crippen LogP contribution in [0, 0.1) is 11.3 Å². The van der Waals surface area contributed by atoms with Crippen molar-refractivity contribution >= 4 is 9.84 Å². The highest BCUT2D eigenvalue weighted by atomic mass is 32.2. The predicted octanol–water partition coefficient (Wildman–Crippen LogP) is 1.98. The Morgan fingerprint density at radius 3 is 2.47 bits per heavy atom. The number of nitrogens with one attached hydrogen (secondary N) is 1. The third kappa shape index (κ3) is 3.02. The molecule has 2 rings (SSSR count). The summed E-state index contributed by atoms with van der Waals surface area (Å²) in [7, 11) is -2.74. The maximum absolute atomic E-state index is 11.7. The van der Waals surface area contributed by atoms with Gasteiger partial charge in [0, 0.05) is 6.54 Å². The molecule has 100 valence electrons. The van der Waals surface area contributed by atoms with Crippen molar-refractivity contribution < 1.29 is 8.42 Å². The van der Waals surface area contributed by atoms with Crippen molar-refractivity contribution in [1.82, 2.24) is 5.32 Å². The second-order valence-corrected chi connectivity index (χ2v) is 8.03. The van der Waals surface area contributed by atoms with Crippen molar-refractivity contribution in [3.8, 4) is 0 Å². The average Bonchev–Trinajstić information content (AvgIpc) is 2.69. The normalized spacial score (nSPS) is 31.5. The molecule has 0 aromatic carbocycles. The Morgan fingerprint density at radius 2 is 1.94 bits per heavy atom. The highest BCUT2D eigenvalue weighted by Gasteiger charge is 2.44. The third-order valence-corrected chi connectivity index (χ3v) is 6.44. The summed E-state index contributed by atoms with van der Waals surface area (Å²) in [5, 5.41) is 3.47. The largest absolute Gasteiger partial charge is 0.316 e. The Balaban J connectivity index is 2.09. The smallest absolute Gasteiger partial charge is 0.150 e. The molecular weight excluding hydrogens is 234 g/mol. The van der Waals surface area contributed by atoms with Crippen LogP contribution in [0.1, 0.15) is 45.4 Å². The van der Waals surface area contributed by atoms with Gasteiger partial charge < -0.3 is 5.32 Å². The van der Waals surface area contributed by atoms with Crippen LogP contribution in [0.4, 0.5) is 0 Å². The van der Waals surface area contributed by atoms with E-state index in [4.69, 9.17) is 0 Å². The zero-order valence-electron chi connectivity index (χ0n) is 10.9. The van der Waals surface area contributed by atoms with Crippen LogP contribution in [0.2, 0.25) is 0 Å². The van der Waals surface area contributed by atoms with Crippen molar-refractivity contribution in [2.45, 2.75) is 45.4 Å². The summed E-state index contributed by atoms with van der Waals surface area (Å²) in [4.78, 5) is 0. The van der Waals surface area contributed by atoms with Crippen LogP contribution < -0.4 is 5.32 Å². The Hall–Kier alpha value is -0.0900. The van der Waals surface area contributed by atoms with E-state index in [1.807, 2.05) is 0 Å². The summed E-state index contributed by atoms with van der Waals surface area (Å²) in [5.41, 5.74) is 0.276. The van der Waals surface area contributed by atoms with E-state index in [0.717, 1.165) is 19.5 Å². The fourth-order valence-electron chi connectivity index (χ4n) is 3.64. The Morgan fingerprint density at radius 1 is 1.24 bits per heavy atom. The van der Waals surface area contributed by atoms with Gasteiger partial charge in [0.2, 0.25) is 0 Å². The molecule has 1 atom stereocenters. The molecule has 1 N–H and O–H groups in total. The molecule has 4 heteroatoms. The molecule has 2 fully saturated rings. The van der Waals surface area contributed by atoms with Gasteiger partial charge in [-0.25, -0.2) is 8.42 Å². The number of hydrogen-bond donors (Lipinski definition) is 1. The first-order chi connectivity index (χ1) is 8.08. The lowest BCUT2D eigenvalue weighted by atomic mass is 9.65. The van der Waals surface area contributed by atoms with Crippen molar-refractivity contribution in [1.29, 1.82) is 0 Å². The highest BCUT2D eigenvalue weighted by Crippen LogP contribution is 2.46. The van der Waals surface area contributed by atoms with Crippen LogP contribution in [-0.4, -0.2) is 33.0 Å². The van der Waals surface area contributed by atoms with E-state index in [0.29, 0.717) is 17.4 Å². The minimum Gasteiger partial charge on any atom is -0.316 e. The highest BCUT2D eigenvalue weighted by molar-refractivity contribution is 7.91. The molecule has 0 radical (unpaired) electrons. The maximum atomic E-state index is 11.7. The molecular formula is C13H25NO2S. The first-order valence-corrected chi connectivity index (χ1v) is 8.81. The van der Waals surface area contributed by atoms with Gasteiger partial charge in [-0.3, -0.25) is 0 Å². The Bertz CT molecular complexity index is 344. The molecule has 1 aliphatic carbocycles. The molecule has 1 heterocycles. The lowest BCUT2D eigenvalue weighted by molar-refractivity contribution is 0.109. The van der Waals surface area contributed by atoms with Crippen LogP contribution in [0.3, 0.4) is 0 Å². The van der Waals surface area contributed by atoms with Gasteiger partial charge >= 0.3 is 0 Å². The fourth-order valence-corrected chi connectivity index (χ4v) is 5.58. The van der Waals surface area contributed by atoms with Gasteiger partial charge in [-0.05, 0) is 37.1 Å². The Kier molecular flexibility index (Phi) is 4.14. The van der Waals surface area contributed by atoms with Crippen LogP contribution in [0.25, 0.3) is 0 Å². The second kappa shape index (κ2) is 5.27. The molecule has 17 heavy (non-hydrogen) atoms. The molecule has 0 bridgehead atoms. The summed E-state index contributed by atoms with van der Waals surface area (Å²) >= 11 is 0. The second-order valence-electron chi connectivity index (χ2n) is 5.80. The van der Waals surface area contributed by atoms with Crippen LogP contribution in [0.15, 0.2) is 0 Å². The van der Waals surface area contributed by atoms with E-state index in [2.05, 4.69) is 12.2 Å². The van der Waals surface area contributed by atoms with E-state index < -0.39 is 9.84 Å². The SMILES string of the molecule is CCNCC1(C2CCS(=O)(=O)C2)CCCCC1. The van der Waals surface area contributed by atoms with Crippen LogP contribution in [0.5, 0.6) is 0 Å². The van der Waals surface area contributed by atoms with E-state index in [-0.39, 0.29) is 5.41 Å². The molecule has 0 spiro atoms. The zero-order chi connectivity index (χ0) is 12.4. The molecule has 3 nitrogen and oxygen atoms in total. The monoisotopic (exact) mass is 259 g/mol. The summed E-state index contributed by atoms with van der Waals surface area (Å²) < 4.78 is 23.4. The summed E-state index contributed by atoms with van der Waals surface area (Å²) in [6.45, 7) is 4.13. The molecule has 0 aromatic rings. The molecule has 0 amide bonds. The molecule has 1 saturated heterocycles. The number of sulfone groups is 1. The maximum Gasteiger partial charge on any atom is 0.150 e. The lowest BCUT2D eigenvalue weighted by Crippen LogP contribution is -2.42. The van der Waals surface area contributed by atoms with Gasteiger partial charge in [-0.2, -0.15) is 0 Å². The van der Waals surface area contributed by atoms with Gasteiger partial charge in [-0.15, -0.1) is 0 Å². The van der Waals surface area contributed by atoms with Gasteiger partial charge in [0.1, 0.15) is 0 Å². The van der Waals surface area contributed by atoms with Gasteiger partial charge in [0.25, 0.3) is 0 Å². The summed E-state index contributed by atoms with van der Waals surface area (Å²) in [6, 6.07) is 0. The minimum atomic E-state index is -2.74. The number of rotatable bonds is 4. The van der Waals surface area contributed by atoms with E-state index in [1.54, 1.807) is 0 Å². The first kappa shape index (κ1) is 13.3. The third-order valence-electron chi connectivity index (χ3n) is 4.67. The van der Waals surface area contributed by atoms with Crippen molar-refractivity contribution in [2.24, 2.45) is 11.3 Å². The standard InChI is InChI=1S/C13H25NO2S/c1-2-14-11-13(7-4-3-5-8-13)12-6-9-17(15,16)10-12/h12,14H,2-11H2,1H3. The van der Waals surface area contributed by atoms with Crippen LogP contribution in [-0.2, 0) is 9.84 Å². The topological polar surface area (TPSA) is 46.2 Å².